The second-order valence-electron chi connectivity index (χ2n) is 5.62. The first kappa shape index (κ1) is 14.7. The molecule has 0 aliphatic heterocycles. The van der Waals surface area contributed by atoms with Crippen LogP contribution in [-0.2, 0) is 11.2 Å². The van der Waals surface area contributed by atoms with Gasteiger partial charge in [-0.2, -0.15) is 5.26 Å². The summed E-state index contributed by atoms with van der Waals surface area (Å²) in [6.45, 7) is 0. The lowest BCUT2D eigenvalue weighted by atomic mass is 9.78. The van der Waals surface area contributed by atoms with Crippen molar-refractivity contribution in [2.45, 2.75) is 38.5 Å². The number of nitriles is 1. The SMILES string of the molecule is CO/C=C1/CCCC[C@@H]1CC(C#N)Cc1ccccc1. The van der Waals surface area contributed by atoms with Crippen molar-refractivity contribution in [3.63, 3.8) is 0 Å². The van der Waals surface area contributed by atoms with Gasteiger partial charge in [0.25, 0.3) is 0 Å². The molecule has 0 heterocycles. The molecular formula is C18H23NO. The highest BCUT2D eigenvalue weighted by Crippen LogP contribution is 2.34. The van der Waals surface area contributed by atoms with Crippen molar-refractivity contribution < 1.29 is 4.74 Å². The lowest BCUT2D eigenvalue weighted by Gasteiger charge is -2.26. The van der Waals surface area contributed by atoms with Gasteiger partial charge in [-0.05, 0) is 49.2 Å². The van der Waals surface area contributed by atoms with Crippen LogP contribution in [0.4, 0.5) is 0 Å². The van der Waals surface area contributed by atoms with Crippen molar-refractivity contribution in [3.8, 4) is 6.07 Å². The number of hydrogen-bond donors (Lipinski definition) is 0. The summed E-state index contributed by atoms with van der Waals surface area (Å²) in [7, 11) is 1.71. The fourth-order valence-electron chi connectivity index (χ4n) is 3.11. The number of nitrogens with zero attached hydrogens (tertiary/aromatic N) is 1. The molecule has 0 radical (unpaired) electrons. The van der Waals surface area contributed by atoms with Crippen molar-refractivity contribution in [2.75, 3.05) is 7.11 Å². The van der Waals surface area contributed by atoms with Crippen LogP contribution in [0.1, 0.15) is 37.7 Å². The zero-order valence-electron chi connectivity index (χ0n) is 12.2. The van der Waals surface area contributed by atoms with Crippen LogP contribution in [-0.4, -0.2) is 7.11 Å². The maximum absolute atomic E-state index is 9.43. The Kier molecular flexibility index (Phi) is 5.68. The van der Waals surface area contributed by atoms with Gasteiger partial charge in [0, 0.05) is 0 Å². The molecule has 106 valence electrons. The topological polar surface area (TPSA) is 33.0 Å². The summed E-state index contributed by atoms with van der Waals surface area (Å²) in [5.74, 6) is 0.623. The summed E-state index contributed by atoms with van der Waals surface area (Å²) in [6.07, 6.45) is 8.57. The molecule has 2 atom stereocenters. The predicted molar refractivity (Wildman–Crippen MR) is 80.9 cm³/mol. The first-order chi connectivity index (χ1) is 9.83. The summed E-state index contributed by atoms with van der Waals surface area (Å²) < 4.78 is 5.20. The number of allylic oxidation sites excluding steroid dienone is 1. The van der Waals surface area contributed by atoms with Gasteiger partial charge in [0.2, 0.25) is 0 Å². The average Bonchev–Trinajstić information content (AvgIpc) is 2.50. The van der Waals surface area contributed by atoms with Crippen LogP contribution < -0.4 is 0 Å². The molecule has 1 aliphatic rings. The molecule has 0 bridgehead atoms. The van der Waals surface area contributed by atoms with Gasteiger partial charge in [-0.25, -0.2) is 0 Å². The number of ether oxygens (including phenoxy) is 1. The standard InChI is InChI=1S/C18H23NO/c1-20-14-18-10-6-5-9-17(18)12-16(13-19)11-15-7-3-2-4-8-15/h2-4,7-8,14,16-17H,5-6,9-12H2,1H3/b18-14-/t16?,17-/m1/s1. The Bertz CT molecular complexity index is 472. The normalized spacial score (nSPS) is 22.2. The molecule has 1 unspecified atom stereocenters. The number of rotatable bonds is 5. The van der Waals surface area contributed by atoms with E-state index in [0.29, 0.717) is 5.92 Å². The molecular weight excluding hydrogens is 246 g/mol. The van der Waals surface area contributed by atoms with Crippen LogP contribution in [0, 0.1) is 23.2 Å². The van der Waals surface area contributed by atoms with Gasteiger partial charge >= 0.3 is 0 Å². The molecule has 2 nitrogen and oxygen atoms in total. The Morgan fingerprint density at radius 2 is 2.15 bits per heavy atom. The third kappa shape index (κ3) is 4.13. The summed E-state index contributed by atoms with van der Waals surface area (Å²) in [6, 6.07) is 12.8. The van der Waals surface area contributed by atoms with Crippen molar-refractivity contribution in [1.29, 1.82) is 5.26 Å². The molecule has 0 spiro atoms. The molecule has 0 aromatic heterocycles. The molecule has 2 rings (SSSR count). The smallest absolute Gasteiger partial charge is 0.0819 e. The van der Waals surface area contributed by atoms with E-state index in [1.54, 1.807) is 7.11 Å². The van der Waals surface area contributed by atoms with E-state index in [1.165, 1.54) is 30.4 Å². The quantitative estimate of drug-likeness (QED) is 0.738. The largest absolute Gasteiger partial charge is 0.504 e. The lowest BCUT2D eigenvalue weighted by Crippen LogP contribution is -2.16. The second kappa shape index (κ2) is 7.75. The molecule has 1 aromatic carbocycles. The summed E-state index contributed by atoms with van der Waals surface area (Å²) in [5, 5.41) is 9.43. The Labute approximate surface area is 122 Å². The second-order valence-corrected chi connectivity index (χ2v) is 5.62. The van der Waals surface area contributed by atoms with Gasteiger partial charge in [0.05, 0.1) is 25.4 Å². The van der Waals surface area contributed by atoms with Crippen molar-refractivity contribution in [2.24, 2.45) is 11.8 Å². The van der Waals surface area contributed by atoms with Gasteiger partial charge in [-0.1, -0.05) is 36.8 Å². The van der Waals surface area contributed by atoms with Gasteiger partial charge in [0.1, 0.15) is 0 Å². The minimum Gasteiger partial charge on any atom is -0.504 e. The van der Waals surface area contributed by atoms with E-state index in [0.717, 1.165) is 19.3 Å². The maximum atomic E-state index is 9.43. The highest BCUT2D eigenvalue weighted by Gasteiger charge is 2.23. The first-order valence-electron chi connectivity index (χ1n) is 7.48. The Balaban J connectivity index is 1.98. The third-order valence-electron chi connectivity index (χ3n) is 4.14. The summed E-state index contributed by atoms with van der Waals surface area (Å²) in [5.41, 5.74) is 2.65. The van der Waals surface area contributed by atoms with Gasteiger partial charge in [-0.3, -0.25) is 0 Å². The van der Waals surface area contributed by atoms with Gasteiger partial charge in [0.15, 0.2) is 0 Å². The van der Waals surface area contributed by atoms with E-state index >= 15 is 0 Å². The Hall–Kier alpha value is -1.75. The molecule has 2 heteroatoms. The Morgan fingerprint density at radius 1 is 1.35 bits per heavy atom. The Morgan fingerprint density at radius 3 is 2.85 bits per heavy atom. The molecule has 20 heavy (non-hydrogen) atoms. The average molecular weight is 269 g/mol. The zero-order valence-corrected chi connectivity index (χ0v) is 12.2. The number of hydrogen-bond acceptors (Lipinski definition) is 2. The van der Waals surface area contributed by atoms with Gasteiger partial charge < -0.3 is 4.74 Å². The van der Waals surface area contributed by atoms with Crippen LogP contribution in [0.25, 0.3) is 0 Å². The van der Waals surface area contributed by atoms with Gasteiger partial charge in [-0.15, -0.1) is 0 Å². The molecule has 0 amide bonds. The fraction of sp³-hybridized carbons (Fsp3) is 0.500. The number of methoxy groups -OCH3 is 1. The van der Waals surface area contributed by atoms with Crippen LogP contribution in [0.5, 0.6) is 0 Å². The highest BCUT2D eigenvalue weighted by atomic mass is 16.5. The van der Waals surface area contributed by atoms with Crippen molar-refractivity contribution >= 4 is 0 Å². The minimum absolute atomic E-state index is 0.0979. The molecule has 1 aromatic rings. The van der Waals surface area contributed by atoms with Crippen molar-refractivity contribution in [1.82, 2.24) is 0 Å². The molecule has 1 aliphatic carbocycles. The van der Waals surface area contributed by atoms with E-state index in [4.69, 9.17) is 4.74 Å². The van der Waals surface area contributed by atoms with E-state index in [2.05, 4.69) is 18.2 Å². The van der Waals surface area contributed by atoms with E-state index in [-0.39, 0.29) is 5.92 Å². The lowest BCUT2D eigenvalue weighted by molar-refractivity contribution is 0.308. The monoisotopic (exact) mass is 269 g/mol. The number of benzene rings is 1. The van der Waals surface area contributed by atoms with E-state index in [9.17, 15) is 5.26 Å². The summed E-state index contributed by atoms with van der Waals surface area (Å²) >= 11 is 0. The summed E-state index contributed by atoms with van der Waals surface area (Å²) in [4.78, 5) is 0. The van der Waals surface area contributed by atoms with Crippen molar-refractivity contribution in [3.05, 3.63) is 47.7 Å². The molecule has 1 saturated carbocycles. The molecule has 0 N–H and O–H groups in total. The predicted octanol–water partition coefficient (Wildman–Crippen LogP) is 4.48. The van der Waals surface area contributed by atoms with E-state index in [1.807, 2.05) is 24.5 Å². The molecule has 0 saturated heterocycles. The minimum atomic E-state index is 0.0979. The highest BCUT2D eigenvalue weighted by molar-refractivity contribution is 5.17. The first-order valence-corrected chi connectivity index (χ1v) is 7.48. The van der Waals surface area contributed by atoms with Crippen LogP contribution in [0.3, 0.4) is 0 Å². The third-order valence-corrected chi connectivity index (χ3v) is 4.14. The maximum Gasteiger partial charge on any atom is 0.0819 e. The molecule has 1 fully saturated rings. The van der Waals surface area contributed by atoms with Crippen LogP contribution in [0.15, 0.2) is 42.2 Å². The van der Waals surface area contributed by atoms with Crippen LogP contribution >= 0.6 is 0 Å². The zero-order chi connectivity index (χ0) is 14.2. The van der Waals surface area contributed by atoms with Crippen LogP contribution in [0.2, 0.25) is 0 Å². The van der Waals surface area contributed by atoms with E-state index < -0.39 is 0 Å². The fourth-order valence-corrected chi connectivity index (χ4v) is 3.11.